The first-order valence-electron chi connectivity index (χ1n) is 12.2. The van der Waals surface area contributed by atoms with Gasteiger partial charge in [-0.3, -0.25) is 9.05 Å². The fourth-order valence-corrected chi connectivity index (χ4v) is 6.17. The number of hydrogen-bond acceptors (Lipinski definition) is 5. The second-order valence-corrected chi connectivity index (χ2v) is 10.7. The predicted octanol–water partition coefficient (Wildman–Crippen LogP) is 8.00. The SMILES string of the molecule is CCCCCc1cc(O)c(C2C=C(C)CCC2)c(OP2(=O)OCCC(c3ccccc3)O2)c1. The van der Waals surface area contributed by atoms with E-state index in [1.54, 1.807) is 0 Å². The molecule has 6 heteroatoms. The van der Waals surface area contributed by atoms with Gasteiger partial charge in [-0.25, -0.2) is 4.57 Å². The van der Waals surface area contributed by atoms with Crippen LogP contribution < -0.4 is 4.52 Å². The molecule has 2 aliphatic rings. The number of phosphoric acid groups is 1. The quantitative estimate of drug-likeness (QED) is 0.240. The van der Waals surface area contributed by atoms with Crippen molar-refractivity contribution in [1.29, 1.82) is 0 Å². The zero-order chi connectivity index (χ0) is 23.3. The first-order chi connectivity index (χ1) is 16.0. The molecule has 0 spiro atoms. The maximum Gasteiger partial charge on any atom is 0.530 e. The van der Waals surface area contributed by atoms with E-state index in [1.807, 2.05) is 42.5 Å². The standard InChI is InChI=1S/C27H35O5P/c1-3-4-6-11-21-18-24(28)27(23-14-9-10-20(2)17-23)26(19-21)32-33(29)30-16-15-25(31-33)22-12-7-5-8-13-22/h5,7-8,12-13,17-19,23,25,28H,3-4,6,9-11,14-16H2,1-2H3. The topological polar surface area (TPSA) is 65.0 Å². The van der Waals surface area contributed by atoms with Gasteiger partial charge in [0.1, 0.15) is 11.5 Å². The molecule has 1 heterocycles. The number of hydrogen-bond donors (Lipinski definition) is 1. The first-order valence-corrected chi connectivity index (χ1v) is 13.6. The monoisotopic (exact) mass is 470 g/mol. The highest BCUT2D eigenvalue weighted by Crippen LogP contribution is 2.58. The van der Waals surface area contributed by atoms with Crippen LogP contribution in [-0.4, -0.2) is 11.7 Å². The largest absolute Gasteiger partial charge is 0.530 e. The molecule has 1 aliphatic carbocycles. The molecule has 3 atom stereocenters. The number of rotatable bonds is 8. The van der Waals surface area contributed by atoms with Crippen LogP contribution >= 0.6 is 7.82 Å². The minimum Gasteiger partial charge on any atom is -0.507 e. The van der Waals surface area contributed by atoms with E-state index in [9.17, 15) is 9.67 Å². The summed E-state index contributed by atoms with van der Waals surface area (Å²) in [6, 6.07) is 13.5. The summed E-state index contributed by atoms with van der Waals surface area (Å²) in [7, 11) is -3.85. The third-order valence-electron chi connectivity index (χ3n) is 6.46. The average molecular weight is 471 g/mol. The van der Waals surface area contributed by atoms with Crippen molar-refractivity contribution in [2.45, 2.75) is 77.2 Å². The van der Waals surface area contributed by atoms with Gasteiger partial charge in [-0.15, -0.1) is 0 Å². The predicted molar refractivity (Wildman–Crippen MR) is 131 cm³/mol. The van der Waals surface area contributed by atoms with Crippen molar-refractivity contribution in [2.24, 2.45) is 0 Å². The number of phenolic OH excluding ortho intramolecular Hbond substituents is 1. The molecule has 1 saturated heterocycles. The number of phosphoric ester groups is 1. The Labute approximate surface area is 197 Å². The molecule has 1 N–H and O–H groups in total. The van der Waals surface area contributed by atoms with E-state index in [0.29, 0.717) is 17.7 Å². The summed E-state index contributed by atoms with van der Waals surface area (Å²) >= 11 is 0. The van der Waals surface area contributed by atoms with Gasteiger partial charge in [0.2, 0.25) is 0 Å². The smallest absolute Gasteiger partial charge is 0.507 e. The van der Waals surface area contributed by atoms with Crippen LogP contribution in [-0.2, 0) is 20.0 Å². The van der Waals surface area contributed by atoms with Crippen LogP contribution in [0.4, 0.5) is 0 Å². The summed E-state index contributed by atoms with van der Waals surface area (Å²) in [5.41, 5.74) is 3.90. The van der Waals surface area contributed by atoms with Gasteiger partial charge < -0.3 is 9.63 Å². The Balaban J connectivity index is 1.65. The van der Waals surface area contributed by atoms with Crippen molar-refractivity contribution in [3.8, 4) is 11.5 Å². The van der Waals surface area contributed by atoms with E-state index in [-0.39, 0.29) is 24.4 Å². The Bertz CT molecular complexity index is 1020. The van der Waals surface area contributed by atoms with Crippen LogP contribution in [0.3, 0.4) is 0 Å². The highest BCUT2D eigenvalue weighted by molar-refractivity contribution is 7.49. The molecule has 0 saturated carbocycles. The van der Waals surface area contributed by atoms with E-state index < -0.39 is 7.82 Å². The van der Waals surface area contributed by atoms with Crippen LogP contribution in [0.1, 0.15) is 87.5 Å². The Morgan fingerprint density at radius 2 is 1.97 bits per heavy atom. The van der Waals surface area contributed by atoms with E-state index in [1.165, 1.54) is 5.57 Å². The number of aryl methyl sites for hydroxylation is 1. The molecular formula is C27H35O5P. The molecular weight excluding hydrogens is 435 g/mol. The van der Waals surface area contributed by atoms with Gasteiger partial charge in [-0.1, -0.05) is 61.7 Å². The normalized spacial score (nSPS) is 25.5. The number of allylic oxidation sites excluding steroid dienone is 2. The van der Waals surface area contributed by atoms with Crippen molar-refractivity contribution >= 4 is 7.82 Å². The van der Waals surface area contributed by atoms with Crippen molar-refractivity contribution in [1.82, 2.24) is 0 Å². The minimum absolute atomic E-state index is 0.0137. The zero-order valence-electron chi connectivity index (χ0n) is 19.7. The Hall–Kier alpha value is -2.07. The van der Waals surface area contributed by atoms with Crippen molar-refractivity contribution in [3.05, 3.63) is 70.8 Å². The molecule has 1 aliphatic heterocycles. The maximum absolute atomic E-state index is 13.6. The Kier molecular flexibility index (Phi) is 7.95. The summed E-state index contributed by atoms with van der Waals surface area (Å²) < 4.78 is 31.2. The minimum atomic E-state index is -3.85. The van der Waals surface area contributed by atoms with Gasteiger partial charge in [0, 0.05) is 17.9 Å². The third-order valence-corrected chi connectivity index (χ3v) is 7.89. The Morgan fingerprint density at radius 1 is 1.15 bits per heavy atom. The molecule has 178 valence electrons. The molecule has 0 radical (unpaired) electrons. The van der Waals surface area contributed by atoms with Gasteiger partial charge >= 0.3 is 7.82 Å². The van der Waals surface area contributed by atoms with Crippen molar-refractivity contribution in [2.75, 3.05) is 6.61 Å². The molecule has 0 amide bonds. The summed E-state index contributed by atoms with van der Waals surface area (Å²) in [6.07, 6.45) is 9.56. The van der Waals surface area contributed by atoms with Crippen LogP contribution in [0.25, 0.3) is 0 Å². The fraction of sp³-hybridized carbons (Fsp3) is 0.481. The second-order valence-electron chi connectivity index (χ2n) is 9.16. The number of benzene rings is 2. The first kappa shape index (κ1) is 24.1. The Morgan fingerprint density at radius 3 is 2.73 bits per heavy atom. The fourth-order valence-electron chi connectivity index (χ4n) is 4.75. The van der Waals surface area contributed by atoms with E-state index >= 15 is 0 Å². The van der Waals surface area contributed by atoms with Gasteiger partial charge in [0.25, 0.3) is 0 Å². The van der Waals surface area contributed by atoms with Crippen LogP contribution in [0.15, 0.2) is 54.1 Å². The zero-order valence-corrected chi connectivity index (χ0v) is 20.6. The highest BCUT2D eigenvalue weighted by atomic mass is 31.2. The summed E-state index contributed by atoms with van der Waals surface area (Å²) in [5.74, 6) is 0.618. The van der Waals surface area contributed by atoms with Crippen molar-refractivity contribution < 1.29 is 23.2 Å². The van der Waals surface area contributed by atoms with Gasteiger partial charge in [-0.2, -0.15) is 0 Å². The summed E-state index contributed by atoms with van der Waals surface area (Å²) in [5, 5.41) is 11.0. The van der Waals surface area contributed by atoms with Crippen LogP contribution in [0.2, 0.25) is 0 Å². The number of aromatic hydroxyl groups is 1. The highest BCUT2D eigenvalue weighted by Gasteiger charge is 2.39. The summed E-state index contributed by atoms with van der Waals surface area (Å²) in [6.45, 7) is 4.57. The molecule has 0 aromatic heterocycles. The molecule has 1 fully saturated rings. The number of phenols is 1. The molecule has 4 rings (SSSR count). The van der Waals surface area contributed by atoms with Gasteiger partial charge in [0.15, 0.2) is 0 Å². The van der Waals surface area contributed by atoms with E-state index in [0.717, 1.165) is 56.1 Å². The van der Waals surface area contributed by atoms with E-state index in [2.05, 4.69) is 19.9 Å². The lowest BCUT2D eigenvalue weighted by Crippen LogP contribution is -2.17. The third kappa shape index (κ3) is 6.09. The molecule has 2 aromatic rings. The molecule has 33 heavy (non-hydrogen) atoms. The van der Waals surface area contributed by atoms with Crippen LogP contribution in [0.5, 0.6) is 11.5 Å². The molecule has 5 nitrogen and oxygen atoms in total. The molecule has 2 aromatic carbocycles. The average Bonchev–Trinajstić information content (AvgIpc) is 2.79. The van der Waals surface area contributed by atoms with Gasteiger partial charge in [0.05, 0.1) is 12.7 Å². The van der Waals surface area contributed by atoms with E-state index in [4.69, 9.17) is 13.6 Å². The molecule has 3 unspecified atom stereocenters. The lowest BCUT2D eigenvalue weighted by atomic mass is 9.84. The van der Waals surface area contributed by atoms with Crippen molar-refractivity contribution in [3.63, 3.8) is 0 Å². The van der Waals surface area contributed by atoms with Gasteiger partial charge in [-0.05, 0) is 62.3 Å². The second kappa shape index (κ2) is 10.9. The van der Waals surface area contributed by atoms with Crippen LogP contribution in [0, 0.1) is 0 Å². The lowest BCUT2D eigenvalue weighted by Gasteiger charge is -2.31. The summed E-state index contributed by atoms with van der Waals surface area (Å²) in [4.78, 5) is 0. The maximum atomic E-state index is 13.6. The number of unbranched alkanes of at least 4 members (excludes halogenated alkanes) is 2. The lowest BCUT2D eigenvalue weighted by molar-refractivity contribution is 0.0507. The molecule has 0 bridgehead atoms.